The van der Waals surface area contributed by atoms with Crippen molar-refractivity contribution in [2.45, 2.75) is 23.1 Å². The van der Waals surface area contributed by atoms with Gasteiger partial charge in [0.05, 0.1) is 20.9 Å². The number of carbonyl (C=O) groups is 1. The molecule has 158 valence electrons. The largest absolute Gasteiger partial charge is 0.339 e. The molecule has 1 aliphatic rings. The standard InChI is InChI=1S/C21H23N3O3S3/c1-15-7-8-17(13-16(15)2)30(26,27)24-11-9-23(10-12-24)20(25)14-28-21-22-18-5-3-4-6-19(18)29-21/h3-8,13H,9-12,14H2,1-2H3. The number of thioether (sulfide) groups is 1. The summed E-state index contributed by atoms with van der Waals surface area (Å²) < 4.78 is 29.3. The summed E-state index contributed by atoms with van der Waals surface area (Å²) >= 11 is 3.02. The molecule has 0 atom stereocenters. The average Bonchev–Trinajstić information content (AvgIpc) is 3.17. The molecule has 0 aliphatic carbocycles. The number of sulfonamides is 1. The Labute approximate surface area is 185 Å². The number of thiazole rings is 1. The first-order chi connectivity index (χ1) is 14.3. The van der Waals surface area contributed by atoms with Crippen LogP contribution in [-0.2, 0) is 14.8 Å². The molecule has 1 amide bonds. The van der Waals surface area contributed by atoms with E-state index in [4.69, 9.17) is 0 Å². The number of amides is 1. The Morgan fingerprint density at radius 1 is 1.07 bits per heavy atom. The molecule has 2 aromatic carbocycles. The topological polar surface area (TPSA) is 70.6 Å². The van der Waals surface area contributed by atoms with Crippen molar-refractivity contribution < 1.29 is 13.2 Å². The number of carbonyl (C=O) groups excluding carboxylic acids is 1. The molecule has 0 unspecified atom stereocenters. The molecule has 4 rings (SSSR count). The highest BCUT2D eigenvalue weighted by Crippen LogP contribution is 2.29. The van der Waals surface area contributed by atoms with Crippen molar-refractivity contribution in [3.8, 4) is 0 Å². The molecule has 1 fully saturated rings. The van der Waals surface area contributed by atoms with E-state index in [-0.39, 0.29) is 5.91 Å². The Kier molecular flexibility index (Phi) is 6.15. The van der Waals surface area contributed by atoms with Gasteiger partial charge in [-0.3, -0.25) is 4.79 Å². The molecular weight excluding hydrogens is 438 g/mol. The molecule has 1 aromatic heterocycles. The second kappa shape index (κ2) is 8.66. The van der Waals surface area contributed by atoms with Crippen molar-refractivity contribution in [1.82, 2.24) is 14.2 Å². The fourth-order valence-corrected chi connectivity index (χ4v) is 6.81. The van der Waals surface area contributed by atoms with Gasteiger partial charge in [0.2, 0.25) is 15.9 Å². The molecule has 0 spiro atoms. The Hall–Kier alpha value is -1.94. The molecule has 1 saturated heterocycles. The van der Waals surface area contributed by atoms with Gasteiger partial charge in [-0.2, -0.15) is 4.31 Å². The van der Waals surface area contributed by atoms with Crippen LogP contribution in [0.4, 0.5) is 0 Å². The minimum atomic E-state index is -3.54. The maximum atomic E-state index is 12.9. The van der Waals surface area contributed by atoms with Gasteiger partial charge in [-0.25, -0.2) is 13.4 Å². The van der Waals surface area contributed by atoms with E-state index in [1.54, 1.807) is 28.4 Å². The minimum absolute atomic E-state index is 0.0162. The Morgan fingerprint density at radius 2 is 1.80 bits per heavy atom. The van der Waals surface area contributed by atoms with Crippen LogP contribution in [0.2, 0.25) is 0 Å². The number of para-hydroxylation sites is 1. The maximum Gasteiger partial charge on any atom is 0.243 e. The van der Waals surface area contributed by atoms with Crippen LogP contribution in [0, 0.1) is 13.8 Å². The van der Waals surface area contributed by atoms with Gasteiger partial charge >= 0.3 is 0 Å². The number of fused-ring (bicyclic) bond motifs is 1. The van der Waals surface area contributed by atoms with E-state index >= 15 is 0 Å². The average molecular weight is 462 g/mol. The highest BCUT2D eigenvalue weighted by atomic mass is 32.2. The summed E-state index contributed by atoms with van der Waals surface area (Å²) in [6.07, 6.45) is 0. The second-order valence-corrected chi connectivity index (χ2v) is 11.5. The molecule has 6 nitrogen and oxygen atoms in total. The van der Waals surface area contributed by atoms with Crippen LogP contribution in [0.15, 0.2) is 51.7 Å². The first-order valence-electron chi connectivity index (χ1n) is 9.68. The van der Waals surface area contributed by atoms with Crippen LogP contribution in [0.3, 0.4) is 0 Å². The molecule has 0 saturated carbocycles. The van der Waals surface area contributed by atoms with Gasteiger partial charge in [0.15, 0.2) is 4.34 Å². The third-order valence-electron chi connectivity index (χ3n) is 5.30. The first-order valence-corrected chi connectivity index (χ1v) is 12.9. The number of aryl methyl sites for hydroxylation is 2. The summed E-state index contributed by atoms with van der Waals surface area (Å²) in [6, 6.07) is 13.1. The number of aromatic nitrogens is 1. The van der Waals surface area contributed by atoms with Gasteiger partial charge in [-0.1, -0.05) is 30.0 Å². The summed E-state index contributed by atoms with van der Waals surface area (Å²) in [5.74, 6) is 0.325. The number of piperazine rings is 1. The van der Waals surface area contributed by atoms with Gasteiger partial charge in [0.25, 0.3) is 0 Å². The molecular formula is C21H23N3O3S3. The zero-order chi connectivity index (χ0) is 21.3. The van der Waals surface area contributed by atoms with Gasteiger partial charge < -0.3 is 4.90 Å². The fourth-order valence-electron chi connectivity index (χ4n) is 3.33. The zero-order valence-corrected chi connectivity index (χ0v) is 19.3. The fraction of sp³-hybridized carbons (Fsp3) is 0.333. The van der Waals surface area contributed by atoms with E-state index in [0.29, 0.717) is 36.8 Å². The quantitative estimate of drug-likeness (QED) is 0.544. The monoisotopic (exact) mass is 461 g/mol. The van der Waals surface area contributed by atoms with Crippen LogP contribution < -0.4 is 0 Å². The minimum Gasteiger partial charge on any atom is -0.339 e. The molecule has 0 N–H and O–H groups in total. The lowest BCUT2D eigenvalue weighted by molar-refractivity contribution is -0.129. The third kappa shape index (κ3) is 4.39. The lowest BCUT2D eigenvalue weighted by Gasteiger charge is -2.34. The van der Waals surface area contributed by atoms with Crippen LogP contribution in [-0.4, -0.2) is 60.4 Å². The molecule has 3 aromatic rings. The van der Waals surface area contributed by atoms with Crippen LogP contribution in [0.1, 0.15) is 11.1 Å². The van der Waals surface area contributed by atoms with Crippen molar-refractivity contribution in [1.29, 1.82) is 0 Å². The number of hydrogen-bond acceptors (Lipinski definition) is 6. The van der Waals surface area contributed by atoms with Gasteiger partial charge in [0.1, 0.15) is 0 Å². The zero-order valence-electron chi connectivity index (χ0n) is 16.9. The van der Waals surface area contributed by atoms with E-state index in [9.17, 15) is 13.2 Å². The molecule has 2 heterocycles. The van der Waals surface area contributed by atoms with E-state index in [1.807, 2.05) is 44.2 Å². The lowest BCUT2D eigenvalue weighted by atomic mass is 10.1. The highest BCUT2D eigenvalue weighted by Gasteiger charge is 2.30. The summed E-state index contributed by atoms with van der Waals surface area (Å²) in [7, 11) is -3.54. The smallest absolute Gasteiger partial charge is 0.243 e. The summed E-state index contributed by atoms with van der Waals surface area (Å²) in [6.45, 7) is 5.31. The van der Waals surface area contributed by atoms with Gasteiger partial charge in [-0.05, 0) is 49.2 Å². The molecule has 0 bridgehead atoms. The maximum absolute atomic E-state index is 12.9. The number of benzene rings is 2. The van der Waals surface area contributed by atoms with Gasteiger partial charge in [0, 0.05) is 26.2 Å². The predicted octanol–water partition coefficient (Wildman–Crippen LogP) is 3.54. The highest BCUT2D eigenvalue weighted by molar-refractivity contribution is 8.01. The Morgan fingerprint density at radius 3 is 2.50 bits per heavy atom. The van der Waals surface area contributed by atoms with Crippen molar-refractivity contribution in [2.75, 3.05) is 31.9 Å². The summed E-state index contributed by atoms with van der Waals surface area (Å²) in [5.41, 5.74) is 2.97. The van der Waals surface area contributed by atoms with Crippen molar-refractivity contribution in [3.63, 3.8) is 0 Å². The van der Waals surface area contributed by atoms with Crippen molar-refractivity contribution in [2.24, 2.45) is 0 Å². The molecule has 9 heteroatoms. The normalized spacial score (nSPS) is 15.6. The SMILES string of the molecule is Cc1ccc(S(=O)(=O)N2CCN(C(=O)CSc3nc4ccccc4s3)CC2)cc1C. The summed E-state index contributed by atoms with van der Waals surface area (Å²) in [4.78, 5) is 19.2. The van der Waals surface area contributed by atoms with Gasteiger partial charge in [-0.15, -0.1) is 11.3 Å². The van der Waals surface area contributed by atoms with Crippen molar-refractivity contribution in [3.05, 3.63) is 53.6 Å². The van der Waals surface area contributed by atoms with Crippen molar-refractivity contribution >= 4 is 49.2 Å². The molecule has 30 heavy (non-hydrogen) atoms. The van der Waals surface area contributed by atoms with E-state index < -0.39 is 10.0 Å². The second-order valence-electron chi connectivity index (χ2n) is 7.27. The number of hydrogen-bond donors (Lipinski definition) is 0. The van der Waals surface area contributed by atoms with Crippen LogP contribution in [0.5, 0.6) is 0 Å². The Balaban J connectivity index is 1.34. The first kappa shape index (κ1) is 21.3. The predicted molar refractivity (Wildman–Crippen MR) is 122 cm³/mol. The molecule has 1 aliphatic heterocycles. The summed E-state index contributed by atoms with van der Waals surface area (Å²) in [5, 5.41) is 0. The van der Waals surface area contributed by atoms with Crippen LogP contribution in [0.25, 0.3) is 10.2 Å². The number of nitrogens with zero attached hydrogens (tertiary/aromatic N) is 3. The van der Waals surface area contributed by atoms with E-state index in [2.05, 4.69) is 4.98 Å². The van der Waals surface area contributed by atoms with Crippen LogP contribution >= 0.6 is 23.1 Å². The third-order valence-corrected chi connectivity index (χ3v) is 9.36. The van der Waals surface area contributed by atoms with E-state index in [0.717, 1.165) is 25.7 Å². The lowest BCUT2D eigenvalue weighted by Crippen LogP contribution is -2.50. The van der Waals surface area contributed by atoms with E-state index in [1.165, 1.54) is 16.1 Å². The Bertz CT molecular complexity index is 1150. The number of rotatable bonds is 5. The molecule has 0 radical (unpaired) electrons.